The lowest BCUT2D eigenvalue weighted by atomic mass is 9.65. The van der Waals surface area contributed by atoms with Crippen molar-refractivity contribution in [3.8, 4) is 0 Å². The summed E-state index contributed by atoms with van der Waals surface area (Å²) in [7, 11) is 0. The van der Waals surface area contributed by atoms with E-state index in [2.05, 4.69) is 38.2 Å². The van der Waals surface area contributed by atoms with E-state index >= 15 is 0 Å². The quantitative estimate of drug-likeness (QED) is 0.0819. The van der Waals surface area contributed by atoms with Crippen molar-refractivity contribution in [3.05, 3.63) is 24.3 Å². The molecular weight excluding hydrogens is 460 g/mol. The van der Waals surface area contributed by atoms with Crippen molar-refractivity contribution in [1.82, 2.24) is 0 Å². The molecular formula is C36H70N2. The molecule has 0 aliphatic heterocycles. The Bertz CT molecular complexity index is 539. The van der Waals surface area contributed by atoms with Gasteiger partial charge in [0, 0.05) is 0 Å². The summed E-state index contributed by atoms with van der Waals surface area (Å²) in [6.45, 7) is 6.36. The molecule has 224 valence electrons. The average Bonchev–Trinajstić information content (AvgIpc) is 2.93. The van der Waals surface area contributed by atoms with Gasteiger partial charge in [-0.05, 0) is 88.1 Å². The fourth-order valence-corrected chi connectivity index (χ4v) is 6.76. The Hall–Kier alpha value is -0.600. The Labute approximate surface area is 240 Å². The summed E-state index contributed by atoms with van der Waals surface area (Å²) in [5.41, 5.74) is 11.4. The SMILES string of the molecule is CCCCC/C=C\CC1C(CCCCCC)C=CC(CCCCCCCCN)C1CCCCCCCCN. The van der Waals surface area contributed by atoms with Crippen LogP contribution in [0.3, 0.4) is 0 Å². The zero-order valence-electron chi connectivity index (χ0n) is 26.2. The molecule has 4 N–H and O–H groups in total. The van der Waals surface area contributed by atoms with Gasteiger partial charge in [0.1, 0.15) is 0 Å². The third kappa shape index (κ3) is 17.9. The van der Waals surface area contributed by atoms with E-state index in [1.54, 1.807) is 0 Å². The zero-order valence-corrected chi connectivity index (χ0v) is 26.2. The molecule has 0 aromatic carbocycles. The van der Waals surface area contributed by atoms with E-state index in [1.807, 2.05) is 0 Å². The van der Waals surface area contributed by atoms with Gasteiger partial charge in [0.25, 0.3) is 0 Å². The summed E-state index contributed by atoms with van der Waals surface area (Å²) in [4.78, 5) is 0. The fraction of sp³-hybridized carbons (Fsp3) is 0.889. The first-order chi connectivity index (χ1) is 18.8. The molecule has 0 saturated heterocycles. The molecule has 0 amide bonds. The van der Waals surface area contributed by atoms with Gasteiger partial charge in [0.2, 0.25) is 0 Å². The minimum Gasteiger partial charge on any atom is -0.330 e. The van der Waals surface area contributed by atoms with Gasteiger partial charge in [0.15, 0.2) is 0 Å². The summed E-state index contributed by atoms with van der Waals surface area (Å²) in [6.07, 6.45) is 43.2. The van der Waals surface area contributed by atoms with Gasteiger partial charge < -0.3 is 11.5 Å². The van der Waals surface area contributed by atoms with Gasteiger partial charge >= 0.3 is 0 Å². The Balaban J connectivity index is 2.77. The number of unbranched alkanes of at least 4 members (excludes halogenated alkanes) is 16. The average molecular weight is 531 g/mol. The van der Waals surface area contributed by atoms with E-state index in [4.69, 9.17) is 11.5 Å². The van der Waals surface area contributed by atoms with Gasteiger partial charge in [-0.15, -0.1) is 0 Å². The van der Waals surface area contributed by atoms with Gasteiger partial charge in [-0.1, -0.05) is 141 Å². The highest BCUT2D eigenvalue weighted by Crippen LogP contribution is 2.44. The van der Waals surface area contributed by atoms with Crippen LogP contribution >= 0.6 is 0 Å². The van der Waals surface area contributed by atoms with Crippen molar-refractivity contribution in [2.45, 2.75) is 168 Å². The van der Waals surface area contributed by atoms with Gasteiger partial charge in [-0.3, -0.25) is 0 Å². The molecule has 0 spiro atoms. The number of rotatable bonds is 27. The lowest BCUT2D eigenvalue weighted by molar-refractivity contribution is 0.159. The van der Waals surface area contributed by atoms with E-state index in [-0.39, 0.29) is 0 Å². The van der Waals surface area contributed by atoms with Crippen molar-refractivity contribution in [2.24, 2.45) is 35.1 Å². The Kier molecular flexibility index (Phi) is 24.8. The van der Waals surface area contributed by atoms with Gasteiger partial charge in [-0.2, -0.15) is 0 Å². The van der Waals surface area contributed by atoms with Crippen molar-refractivity contribution in [3.63, 3.8) is 0 Å². The molecule has 2 heteroatoms. The summed E-state index contributed by atoms with van der Waals surface area (Å²) in [6, 6.07) is 0. The lowest BCUT2D eigenvalue weighted by Crippen LogP contribution is -2.31. The van der Waals surface area contributed by atoms with Crippen LogP contribution in [0.1, 0.15) is 168 Å². The monoisotopic (exact) mass is 531 g/mol. The van der Waals surface area contributed by atoms with Crippen LogP contribution in [0.25, 0.3) is 0 Å². The predicted molar refractivity (Wildman–Crippen MR) is 173 cm³/mol. The molecule has 0 aromatic heterocycles. The van der Waals surface area contributed by atoms with E-state index in [0.29, 0.717) is 0 Å². The van der Waals surface area contributed by atoms with Gasteiger partial charge in [0.05, 0.1) is 0 Å². The van der Waals surface area contributed by atoms with E-state index in [1.165, 1.54) is 154 Å². The number of hydrogen-bond donors (Lipinski definition) is 2. The van der Waals surface area contributed by atoms with E-state index in [9.17, 15) is 0 Å². The third-order valence-corrected chi connectivity index (χ3v) is 9.18. The highest BCUT2D eigenvalue weighted by molar-refractivity contribution is 5.06. The van der Waals surface area contributed by atoms with Crippen LogP contribution in [0.2, 0.25) is 0 Å². The topological polar surface area (TPSA) is 52.0 Å². The summed E-state index contributed by atoms with van der Waals surface area (Å²) in [5.74, 6) is 3.35. The van der Waals surface area contributed by atoms with Crippen LogP contribution in [0.15, 0.2) is 24.3 Å². The second kappa shape index (κ2) is 26.6. The summed E-state index contributed by atoms with van der Waals surface area (Å²) in [5, 5.41) is 0. The van der Waals surface area contributed by atoms with E-state index in [0.717, 1.165) is 36.8 Å². The number of allylic oxidation sites excluding steroid dienone is 4. The molecule has 1 rings (SSSR count). The Morgan fingerprint density at radius 3 is 1.47 bits per heavy atom. The lowest BCUT2D eigenvalue weighted by Gasteiger charge is -2.40. The van der Waals surface area contributed by atoms with Crippen LogP contribution in [0, 0.1) is 23.7 Å². The molecule has 38 heavy (non-hydrogen) atoms. The molecule has 0 aromatic rings. The molecule has 0 saturated carbocycles. The molecule has 1 aliphatic rings. The normalized spacial score (nSPS) is 21.6. The predicted octanol–water partition coefficient (Wildman–Crippen LogP) is 10.9. The van der Waals surface area contributed by atoms with E-state index < -0.39 is 0 Å². The second-order valence-electron chi connectivity index (χ2n) is 12.5. The highest BCUT2D eigenvalue weighted by Gasteiger charge is 2.34. The number of nitrogens with two attached hydrogens (primary N) is 2. The van der Waals surface area contributed by atoms with Crippen molar-refractivity contribution in [1.29, 1.82) is 0 Å². The summed E-state index contributed by atoms with van der Waals surface area (Å²) >= 11 is 0. The molecule has 0 radical (unpaired) electrons. The maximum Gasteiger partial charge on any atom is -0.00773 e. The smallest absolute Gasteiger partial charge is 0.00773 e. The second-order valence-corrected chi connectivity index (χ2v) is 12.5. The zero-order chi connectivity index (χ0) is 27.5. The molecule has 0 fully saturated rings. The largest absolute Gasteiger partial charge is 0.330 e. The van der Waals surface area contributed by atoms with Crippen molar-refractivity contribution >= 4 is 0 Å². The first-order valence-electron chi connectivity index (χ1n) is 17.5. The molecule has 4 atom stereocenters. The van der Waals surface area contributed by atoms with Gasteiger partial charge in [-0.25, -0.2) is 0 Å². The number of hydrogen-bond acceptors (Lipinski definition) is 2. The molecule has 2 nitrogen and oxygen atoms in total. The maximum atomic E-state index is 5.70. The van der Waals surface area contributed by atoms with Crippen LogP contribution in [-0.4, -0.2) is 13.1 Å². The third-order valence-electron chi connectivity index (χ3n) is 9.18. The van der Waals surface area contributed by atoms with Crippen molar-refractivity contribution < 1.29 is 0 Å². The Morgan fingerprint density at radius 2 is 0.921 bits per heavy atom. The van der Waals surface area contributed by atoms with Crippen LogP contribution in [0.5, 0.6) is 0 Å². The van der Waals surface area contributed by atoms with Crippen LogP contribution in [0.4, 0.5) is 0 Å². The minimum atomic E-state index is 0.800. The first-order valence-corrected chi connectivity index (χ1v) is 17.5. The molecule has 4 unspecified atom stereocenters. The first kappa shape index (κ1) is 35.4. The summed E-state index contributed by atoms with van der Waals surface area (Å²) < 4.78 is 0. The van der Waals surface area contributed by atoms with Crippen LogP contribution < -0.4 is 11.5 Å². The minimum absolute atomic E-state index is 0.800. The molecule has 0 heterocycles. The maximum absolute atomic E-state index is 5.70. The van der Waals surface area contributed by atoms with Crippen molar-refractivity contribution in [2.75, 3.05) is 13.1 Å². The fourth-order valence-electron chi connectivity index (χ4n) is 6.76. The van der Waals surface area contributed by atoms with Crippen LogP contribution in [-0.2, 0) is 0 Å². The molecule has 0 bridgehead atoms. The standard InChI is InChI=1S/C36H70N2/c1-3-5-7-9-15-21-27-35-33(25-19-8-6-4-2)29-30-34(26-20-14-10-12-17-23-31-37)36(35)28-22-16-11-13-18-24-32-38/h15,21,29-30,33-36H,3-14,16-20,22-28,31-32,37-38H2,1-2H3/b21-15-. The molecule has 1 aliphatic carbocycles. The Morgan fingerprint density at radius 1 is 0.474 bits per heavy atom. The highest BCUT2D eigenvalue weighted by atomic mass is 14.5.